The fourth-order valence-electron chi connectivity index (χ4n) is 2.45. The Hall–Kier alpha value is -1.87. The second-order valence-corrected chi connectivity index (χ2v) is 5.42. The molecular weight excluding hydrogens is 272 g/mol. The largest absolute Gasteiger partial charge is 0.335 e. The van der Waals surface area contributed by atoms with Crippen molar-refractivity contribution < 1.29 is 4.79 Å². The minimum Gasteiger partial charge on any atom is -0.335 e. The Kier molecular flexibility index (Phi) is 3.45. The van der Waals surface area contributed by atoms with Gasteiger partial charge in [0.2, 0.25) is 0 Å². The van der Waals surface area contributed by atoms with Crippen LogP contribution >= 0.6 is 11.6 Å². The van der Waals surface area contributed by atoms with E-state index in [1.165, 1.54) is 5.57 Å². The maximum Gasteiger partial charge on any atom is 0.256 e. The molecule has 0 spiro atoms. The lowest BCUT2D eigenvalue weighted by Gasteiger charge is -2.26. The minimum absolute atomic E-state index is 0.0223. The van der Waals surface area contributed by atoms with Gasteiger partial charge in [0.1, 0.15) is 5.15 Å². The SMILES string of the molecule is CC1=CCN(C(=O)c2cnc(Cl)c3ccccc23)CC1. The van der Waals surface area contributed by atoms with Gasteiger partial charge in [-0.3, -0.25) is 4.79 Å². The van der Waals surface area contributed by atoms with E-state index in [9.17, 15) is 4.79 Å². The number of benzene rings is 1. The van der Waals surface area contributed by atoms with Crippen molar-refractivity contribution in [2.45, 2.75) is 13.3 Å². The molecule has 0 saturated carbocycles. The Morgan fingerprint density at radius 3 is 2.75 bits per heavy atom. The number of carbonyl (C=O) groups excluding carboxylic acids is 1. The van der Waals surface area contributed by atoms with Gasteiger partial charge in [-0.1, -0.05) is 47.5 Å². The zero-order valence-corrected chi connectivity index (χ0v) is 12.0. The number of rotatable bonds is 1. The summed E-state index contributed by atoms with van der Waals surface area (Å²) >= 11 is 6.09. The topological polar surface area (TPSA) is 33.2 Å². The third kappa shape index (κ3) is 2.29. The van der Waals surface area contributed by atoms with Gasteiger partial charge in [0.05, 0.1) is 5.56 Å². The molecule has 0 aliphatic carbocycles. The van der Waals surface area contributed by atoms with Gasteiger partial charge in [-0.05, 0) is 18.7 Å². The number of carbonyl (C=O) groups is 1. The lowest BCUT2D eigenvalue weighted by Crippen LogP contribution is -2.34. The molecule has 1 amide bonds. The van der Waals surface area contributed by atoms with Crippen molar-refractivity contribution in [3.63, 3.8) is 0 Å². The van der Waals surface area contributed by atoms with Crippen LogP contribution in [0.5, 0.6) is 0 Å². The molecule has 0 saturated heterocycles. The van der Waals surface area contributed by atoms with E-state index in [-0.39, 0.29) is 5.91 Å². The van der Waals surface area contributed by atoms with Crippen LogP contribution in [-0.4, -0.2) is 28.9 Å². The van der Waals surface area contributed by atoms with Crippen molar-refractivity contribution in [2.24, 2.45) is 0 Å². The summed E-state index contributed by atoms with van der Waals surface area (Å²) < 4.78 is 0. The first kappa shape index (κ1) is 13.1. The number of hydrogen-bond donors (Lipinski definition) is 0. The number of pyridine rings is 1. The molecular formula is C16H15ClN2O. The van der Waals surface area contributed by atoms with E-state index in [1.807, 2.05) is 29.2 Å². The molecule has 2 aromatic rings. The van der Waals surface area contributed by atoms with Gasteiger partial charge in [-0.25, -0.2) is 4.98 Å². The van der Waals surface area contributed by atoms with Gasteiger partial charge in [-0.2, -0.15) is 0 Å². The highest BCUT2D eigenvalue weighted by Crippen LogP contribution is 2.25. The molecule has 2 heterocycles. The van der Waals surface area contributed by atoms with Crippen LogP contribution in [0.15, 0.2) is 42.1 Å². The third-order valence-corrected chi connectivity index (χ3v) is 4.00. The number of hydrogen-bond acceptors (Lipinski definition) is 2. The van der Waals surface area contributed by atoms with Gasteiger partial charge in [-0.15, -0.1) is 0 Å². The van der Waals surface area contributed by atoms with E-state index in [0.29, 0.717) is 17.3 Å². The van der Waals surface area contributed by atoms with E-state index < -0.39 is 0 Å². The molecule has 0 radical (unpaired) electrons. The molecule has 0 fully saturated rings. The maximum atomic E-state index is 12.6. The van der Waals surface area contributed by atoms with Gasteiger partial charge in [0, 0.05) is 24.7 Å². The lowest BCUT2D eigenvalue weighted by molar-refractivity contribution is 0.0770. The average Bonchev–Trinajstić information content (AvgIpc) is 2.48. The zero-order valence-electron chi connectivity index (χ0n) is 11.3. The normalized spacial score (nSPS) is 15.3. The van der Waals surface area contributed by atoms with Gasteiger partial charge >= 0.3 is 0 Å². The summed E-state index contributed by atoms with van der Waals surface area (Å²) in [5, 5.41) is 2.12. The van der Waals surface area contributed by atoms with E-state index in [0.717, 1.165) is 23.7 Å². The Morgan fingerprint density at radius 1 is 1.30 bits per heavy atom. The van der Waals surface area contributed by atoms with Crippen LogP contribution in [0.2, 0.25) is 5.15 Å². The Labute approximate surface area is 122 Å². The fourth-order valence-corrected chi connectivity index (χ4v) is 2.67. The van der Waals surface area contributed by atoms with Crippen LogP contribution in [0.25, 0.3) is 10.8 Å². The molecule has 1 aromatic carbocycles. The highest BCUT2D eigenvalue weighted by Gasteiger charge is 2.20. The molecule has 1 aliphatic heterocycles. The molecule has 3 rings (SSSR count). The molecule has 0 N–H and O–H groups in total. The van der Waals surface area contributed by atoms with Gasteiger partial charge in [0.25, 0.3) is 5.91 Å². The second kappa shape index (κ2) is 5.25. The summed E-state index contributed by atoms with van der Waals surface area (Å²) in [6.45, 7) is 3.53. The van der Waals surface area contributed by atoms with Crippen LogP contribution in [0, 0.1) is 0 Å². The summed E-state index contributed by atoms with van der Waals surface area (Å²) in [7, 11) is 0. The van der Waals surface area contributed by atoms with E-state index in [4.69, 9.17) is 11.6 Å². The summed E-state index contributed by atoms with van der Waals surface area (Å²) in [6.07, 6.45) is 4.62. The first-order valence-electron chi connectivity index (χ1n) is 6.65. The number of fused-ring (bicyclic) bond motifs is 1. The van der Waals surface area contributed by atoms with Gasteiger partial charge in [0.15, 0.2) is 0 Å². The zero-order chi connectivity index (χ0) is 14.1. The van der Waals surface area contributed by atoms with Crippen molar-refractivity contribution in [3.05, 3.63) is 52.8 Å². The quantitative estimate of drug-likeness (QED) is 0.592. The second-order valence-electron chi connectivity index (χ2n) is 5.06. The molecule has 1 aliphatic rings. The van der Waals surface area contributed by atoms with Gasteiger partial charge < -0.3 is 4.90 Å². The Morgan fingerprint density at radius 2 is 2.05 bits per heavy atom. The van der Waals surface area contributed by atoms with Crippen LogP contribution < -0.4 is 0 Å². The molecule has 0 atom stereocenters. The number of nitrogens with zero attached hydrogens (tertiary/aromatic N) is 2. The molecule has 0 unspecified atom stereocenters. The van der Waals surface area contributed by atoms with Crippen LogP contribution in [0.3, 0.4) is 0 Å². The molecule has 0 bridgehead atoms. The summed E-state index contributed by atoms with van der Waals surface area (Å²) in [6, 6.07) is 7.62. The number of halogens is 1. The standard InChI is InChI=1S/C16H15ClN2O/c1-11-6-8-19(9-7-11)16(20)14-10-18-15(17)13-5-3-2-4-12(13)14/h2-6,10H,7-9H2,1H3. The van der Waals surface area contributed by atoms with Crippen LogP contribution in [0.1, 0.15) is 23.7 Å². The van der Waals surface area contributed by atoms with Crippen molar-refractivity contribution in [1.29, 1.82) is 0 Å². The molecule has 1 aromatic heterocycles. The Bertz CT molecular complexity index is 709. The molecule has 20 heavy (non-hydrogen) atoms. The van der Waals surface area contributed by atoms with Crippen molar-refractivity contribution in [3.8, 4) is 0 Å². The molecule has 3 nitrogen and oxygen atoms in total. The highest BCUT2D eigenvalue weighted by molar-refractivity contribution is 6.34. The third-order valence-electron chi connectivity index (χ3n) is 3.70. The minimum atomic E-state index is 0.0223. The lowest BCUT2D eigenvalue weighted by atomic mass is 10.1. The van der Waals surface area contributed by atoms with E-state index in [2.05, 4.69) is 18.0 Å². The predicted molar refractivity (Wildman–Crippen MR) is 81.0 cm³/mol. The monoisotopic (exact) mass is 286 g/mol. The molecule has 102 valence electrons. The first-order chi connectivity index (χ1) is 9.66. The summed E-state index contributed by atoms with van der Waals surface area (Å²) in [5.41, 5.74) is 1.96. The van der Waals surface area contributed by atoms with Crippen LogP contribution in [0.4, 0.5) is 0 Å². The van der Waals surface area contributed by atoms with Crippen molar-refractivity contribution in [2.75, 3.05) is 13.1 Å². The van der Waals surface area contributed by atoms with Crippen molar-refractivity contribution >= 4 is 28.3 Å². The van der Waals surface area contributed by atoms with Crippen molar-refractivity contribution in [1.82, 2.24) is 9.88 Å². The van der Waals surface area contributed by atoms with Crippen LogP contribution in [-0.2, 0) is 0 Å². The summed E-state index contributed by atoms with van der Waals surface area (Å²) in [5.74, 6) is 0.0223. The highest BCUT2D eigenvalue weighted by atomic mass is 35.5. The molecule has 4 heteroatoms. The number of amides is 1. The predicted octanol–water partition coefficient (Wildman–Crippen LogP) is 3.68. The average molecular weight is 287 g/mol. The first-order valence-corrected chi connectivity index (χ1v) is 7.03. The maximum absolute atomic E-state index is 12.6. The fraction of sp³-hybridized carbons (Fsp3) is 0.250. The van der Waals surface area contributed by atoms with E-state index >= 15 is 0 Å². The summed E-state index contributed by atoms with van der Waals surface area (Å²) in [4.78, 5) is 18.6. The van der Waals surface area contributed by atoms with E-state index in [1.54, 1.807) is 6.20 Å². The Balaban J connectivity index is 2.02. The smallest absolute Gasteiger partial charge is 0.256 e. The number of aromatic nitrogens is 1.